The summed E-state index contributed by atoms with van der Waals surface area (Å²) in [6, 6.07) is 60.0. The van der Waals surface area contributed by atoms with Gasteiger partial charge in [0, 0.05) is 43.7 Å². The van der Waals surface area contributed by atoms with Crippen LogP contribution in [-0.4, -0.2) is 11.5 Å². The summed E-state index contributed by atoms with van der Waals surface area (Å²) >= 11 is 0. The van der Waals surface area contributed by atoms with Gasteiger partial charge >= 0.3 is 6.92 Å². The van der Waals surface area contributed by atoms with Crippen molar-refractivity contribution in [1.29, 1.82) is 0 Å². The van der Waals surface area contributed by atoms with Gasteiger partial charge in [0.05, 0.1) is 11.0 Å². The molecule has 10 aromatic rings. The Morgan fingerprint density at radius 3 is 1.94 bits per heavy atom. The molecule has 5 heteroatoms. The van der Waals surface area contributed by atoms with Gasteiger partial charge < -0.3 is 18.4 Å². The smallest absolute Gasteiger partial charge is 0.434 e. The SMILES string of the molecule is c1cc2c3c(c1)-c1ccc(-c4cccc5oc6ccccc6c45)cc1OB3c1cc(-c3ccc(-n4c5ccccc5c5ccccc54)cc3)ccc1O2. The van der Waals surface area contributed by atoms with Gasteiger partial charge in [0.1, 0.15) is 28.4 Å². The third kappa shape index (κ3) is 4.13. The lowest BCUT2D eigenvalue weighted by Gasteiger charge is -2.33. The number of hydrogen-bond donors (Lipinski definition) is 0. The van der Waals surface area contributed by atoms with Crippen LogP contribution in [0, 0.1) is 0 Å². The minimum atomic E-state index is -0.310. The molecule has 0 saturated heterocycles. The van der Waals surface area contributed by atoms with E-state index in [1.807, 2.05) is 24.3 Å². The van der Waals surface area contributed by atoms with Crippen LogP contribution in [-0.2, 0) is 0 Å². The number of rotatable bonds is 3. The summed E-state index contributed by atoms with van der Waals surface area (Å²) in [4.78, 5) is 0. The lowest BCUT2D eigenvalue weighted by molar-refractivity contribution is 0.479. The van der Waals surface area contributed by atoms with Crippen LogP contribution in [0.2, 0.25) is 0 Å². The van der Waals surface area contributed by atoms with Gasteiger partial charge in [-0.2, -0.15) is 0 Å². The second-order valence-electron chi connectivity index (χ2n) is 14.0. The van der Waals surface area contributed by atoms with Crippen LogP contribution in [0.15, 0.2) is 174 Å². The van der Waals surface area contributed by atoms with Crippen molar-refractivity contribution in [2.24, 2.45) is 0 Å². The number of para-hydroxylation sites is 3. The van der Waals surface area contributed by atoms with E-state index in [2.05, 4.69) is 150 Å². The van der Waals surface area contributed by atoms with Crippen molar-refractivity contribution in [3.8, 4) is 56.3 Å². The van der Waals surface area contributed by atoms with Crippen LogP contribution in [0.25, 0.3) is 82.8 Å². The van der Waals surface area contributed by atoms with E-state index in [4.69, 9.17) is 13.8 Å². The van der Waals surface area contributed by atoms with E-state index < -0.39 is 0 Å². The fraction of sp³-hybridized carbons (Fsp3) is 0. The maximum Gasteiger partial charge on any atom is 0.434 e. The van der Waals surface area contributed by atoms with Crippen molar-refractivity contribution < 1.29 is 13.8 Å². The van der Waals surface area contributed by atoms with Crippen molar-refractivity contribution >= 4 is 61.6 Å². The van der Waals surface area contributed by atoms with E-state index in [1.165, 1.54) is 21.8 Å². The number of hydrogen-bond acceptors (Lipinski definition) is 3. The van der Waals surface area contributed by atoms with Crippen molar-refractivity contribution in [1.82, 2.24) is 4.57 Å². The lowest BCUT2D eigenvalue weighted by Crippen LogP contribution is -2.53. The third-order valence-corrected chi connectivity index (χ3v) is 11.1. The summed E-state index contributed by atoms with van der Waals surface area (Å²) in [5, 5.41) is 4.75. The monoisotopic (exact) mass is 677 g/mol. The van der Waals surface area contributed by atoms with Gasteiger partial charge in [0.2, 0.25) is 0 Å². The second-order valence-corrected chi connectivity index (χ2v) is 14.0. The number of aromatic nitrogens is 1. The van der Waals surface area contributed by atoms with Gasteiger partial charge in [0.25, 0.3) is 0 Å². The minimum Gasteiger partial charge on any atom is -0.551 e. The second kappa shape index (κ2) is 10.8. The lowest BCUT2D eigenvalue weighted by atomic mass is 9.50. The van der Waals surface area contributed by atoms with E-state index in [9.17, 15) is 0 Å². The Morgan fingerprint density at radius 2 is 1.11 bits per heavy atom. The molecule has 0 spiro atoms. The molecule has 8 aromatic carbocycles. The fourth-order valence-electron chi connectivity index (χ4n) is 8.72. The quantitative estimate of drug-likeness (QED) is 0.175. The molecule has 2 aromatic heterocycles. The van der Waals surface area contributed by atoms with Crippen molar-refractivity contribution in [2.75, 3.05) is 0 Å². The summed E-state index contributed by atoms with van der Waals surface area (Å²) in [7, 11) is 0. The molecule has 2 aliphatic heterocycles. The molecule has 2 aliphatic rings. The average molecular weight is 678 g/mol. The molecule has 12 rings (SSSR count). The topological polar surface area (TPSA) is 36.5 Å². The van der Waals surface area contributed by atoms with E-state index >= 15 is 0 Å². The summed E-state index contributed by atoms with van der Waals surface area (Å²) < 4.78 is 22.2. The van der Waals surface area contributed by atoms with Crippen LogP contribution < -0.4 is 20.3 Å². The Balaban J connectivity index is 0.949. The van der Waals surface area contributed by atoms with Gasteiger partial charge in [-0.1, -0.05) is 115 Å². The van der Waals surface area contributed by atoms with E-state index in [-0.39, 0.29) is 6.92 Å². The molecule has 246 valence electrons. The van der Waals surface area contributed by atoms with E-state index in [0.717, 1.165) is 89.2 Å². The van der Waals surface area contributed by atoms with Crippen molar-refractivity contribution in [3.63, 3.8) is 0 Å². The first-order chi connectivity index (χ1) is 26.3. The highest BCUT2D eigenvalue weighted by atomic mass is 16.5. The first-order valence-corrected chi connectivity index (χ1v) is 18.0. The van der Waals surface area contributed by atoms with Crippen LogP contribution in [0.1, 0.15) is 0 Å². The zero-order valence-corrected chi connectivity index (χ0v) is 28.4. The Kier molecular flexibility index (Phi) is 5.83. The first kappa shape index (κ1) is 28.7. The zero-order valence-electron chi connectivity index (χ0n) is 28.4. The molecule has 0 bridgehead atoms. The minimum absolute atomic E-state index is 0.310. The highest BCUT2D eigenvalue weighted by Gasteiger charge is 2.40. The van der Waals surface area contributed by atoms with Crippen molar-refractivity contribution in [3.05, 3.63) is 170 Å². The third-order valence-electron chi connectivity index (χ3n) is 11.1. The van der Waals surface area contributed by atoms with Gasteiger partial charge in [-0.3, -0.25) is 0 Å². The Bertz CT molecular complexity index is 3080. The fourth-order valence-corrected chi connectivity index (χ4v) is 8.72. The Hall–Kier alpha value is -6.98. The highest BCUT2D eigenvalue weighted by Crippen LogP contribution is 2.43. The van der Waals surface area contributed by atoms with E-state index in [0.29, 0.717) is 0 Å². The molecule has 0 amide bonds. The molecule has 53 heavy (non-hydrogen) atoms. The molecule has 4 nitrogen and oxygen atoms in total. The normalized spacial score (nSPS) is 12.8. The molecule has 0 radical (unpaired) electrons. The predicted octanol–water partition coefficient (Wildman–Crippen LogP) is 11.3. The maximum absolute atomic E-state index is 7.04. The van der Waals surface area contributed by atoms with Gasteiger partial charge in [-0.15, -0.1) is 0 Å². The summed E-state index contributed by atoms with van der Waals surface area (Å²) in [6.45, 7) is -0.310. The Morgan fingerprint density at radius 1 is 0.434 bits per heavy atom. The van der Waals surface area contributed by atoms with Crippen LogP contribution in [0.3, 0.4) is 0 Å². The average Bonchev–Trinajstić information content (AvgIpc) is 3.77. The number of nitrogens with zero attached hydrogens (tertiary/aromatic N) is 1. The molecular formula is C48H28BNO3. The van der Waals surface area contributed by atoms with Gasteiger partial charge in [0.15, 0.2) is 0 Å². The predicted molar refractivity (Wildman–Crippen MR) is 217 cm³/mol. The van der Waals surface area contributed by atoms with Crippen LogP contribution >= 0.6 is 0 Å². The summed E-state index contributed by atoms with van der Waals surface area (Å²) in [6.07, 6.45) is 0. The molecule has 0 unspecified atom stereocenters. The number of fused-ring (bicyclic) bond motifs is 10. The largest absolute Gasteiger partial charge is 0.551 e. The number of benzene rings is 8. The maximum atomic E-state index is 7.04. The molecule has 0 N–H and O–H groups in total. The zero-order chi connectivity index (χ0) is 34.6. The number of furan rings is 1. The van der Waals surface area contributed by atoms with Gasteiger partial charge in [-0.05, 0) is 82.4 Å². The first-order valence-electron chi connectivity index (χ1n) is 18.0. The van der Waals surface area contributed by atoms with Crippen LogP contribution in [0.4, 0.5) is 0 Å². The van der Waals surface area contributed by atoms with Crippen LogP contribution in [0.5, 0.6) is 17.2 Å². The molecule has 0 atom stereocenters. The highest BCUT2D eigenvalue weighted by molar-refractivity contribution is 6.84. The molecular weight excluding hydrogens is 649 g/mol. The van der Waals surface area contributed by atoms with E-state index in [1.54, 1.807) is 0 Å². The Labute approximate surface area is 305 Å². The van der Waals surface area contributed by atoms with Gasteiger partial charge in [-0.25, -0.2) is 0 Å². The summed E-state index contributed by atoms with van der Waals surface area (Å²) in [5.74, 6) is 2.52. The molecule has 0 saturated carbocycles. The molecule has 0 aliphatic carbocycles. The standard InChI is InChI=1S/C48H28BNO3/c1-4-14-40-34(9-1)35-10-2-5-15-41(35)50(40)32-23-19-29(20-24-32)30-22-26-43-39(27-30)49-48-37(13-8-18-45(48)52-43)36-25-21-31(28-46(36)53-49)33-12-7-17-44-47(33)38-11-3-6-16-42(38)51-44/h1-28H. The summed E-state index contributed by atoms with van der Waals surface area (Å²) in [5.41, 5.74) is 14.1. The molecule has 0 fully saturated rings. The number of ether oxygens (including phenoxy) is 1. The molecule has 4 heterocycles. The van der Waals surface area contributed by atoms with Crippen molar-refractivity contribution in [2.45, 2.75) is 0 Å².